The summed E-state index contributed by atoms with van der Waals surface area (Å²) in [6, 6.07) is 9.99. The minimum atomic E-state index is -0.179. The van der Waals surface area contributed by atoms with Crippen LogP contribution in [0.1, 0.15) is 19.8 Å². The number of hydrogen-bond acceptors (Lipinski definition) is 6. The number of thioether (sulfide) groups is 1. The first-order chi connectivity index (χ1) is 11.7. The van der Waals surface area contributed by atoms with Gasteiger partial charge in [0.15, 0.2) is 11.0 Å². The minimum absolute atomic E-state index is 0.176. The van der Waals surface area contributed by atoms with E-state index in [1.807, 2.05) is 31.2 Å². The van der Waals surface area contributed by atoms with Crippen LogP contribution in [0.3, 0.4) is 0 Å². The largest absolute Gasteiger partial charge is 0.497 e. The molecule has 6 nitrogen and oxygen atoms in total. The second-order valence-corrected chi connectivity index (χ2v) is 6.98. The van der Waals surface area contributed by atoms with Gasteiger partial charge in [0, 0.05) is 12.2 Å². The molecule has 2 heterocycles. The summed E-state index contributed by atoms with van der Waals surface area (Å²) in [6.45, 7) is 3.37. The molecule has 0 N–H and O–H groups in total. The number of rotatable bonds is 6. The summed E-state index contributed by atoms with van der Waals surface area (Å²) >= 11 is 1.42. The molecule has 1 saturated heterocycles. The Kier molecular flexibility index (Phi) is 5.38. The number of methoxy groups -OCH3 is 1. The van der Waals surface area contributed by atoms with Crippen molar-refractivity contribution in [2.45, 2.75) is 42.8 Å². The molecular weight excluding hydrogens is 324 g/mol. The van der Waals surface area contributed by atoms with Gasteiger partial charge in [0.05, 0.1) is 31.1 Å². The topological polar surface area (TPSA) is 73.0 Å². The molecule has 2 atom stereocenters. The average Bonchev–Trinajstić information content (AvgIpc) is 3.26. The van der Waals surface area contributed by atoms with E-state index in [0.717, 1.165) is 41.7 Å². The van der Waals surface area contributed by atoms with Crippen molar-refractivity contribution in [3.63, 3.8) is 0 Å². The van der Waals surface area contributed by atoms with E-state index in [4.69, 9.17) is 14.7 Å². The van der Waals surface area contributed by atoms with Crippen LogP contribution in [0.2, 0.25) is 0 Å². The molecule has 126 valence electrons. The van der Waals surface area contributed by atoms with Gasteiger partial charge in [0.1, 0.15) is 5.75 Å². The first-order valence-electron chi connectivity index (χ1n) is 7.96. The van der Waals surface area contributed by atoms with Gasteiger partial charge in [0.25, 0.3) is 0 Å². The lowest BCUT2D eigenvalue weighted by Gasteiger charge is -2.15. The molecule has 2 aromatic rings. The van der Waals surface area contributed by atoms with E-state index >= 15 is 0 Å². The molecule has 3 rings (SSSR count). The van der Waals surface area contributed by atoms with Gasteiger partial charge < -0.3 is 9.47 Å². The van der Waals surface area contributed by atoms with Crippen molar-refractivity contribution in [1.82, 2.24) is 14.8 Å². The molecule has 0 spiro atoms. The Hall–Kier alpha value is -2.04. The Labute approximate surface area is 145 Å². The van der Waals surface area contributed by atoms with Gasteiger partial charge in [-0.15, -0.1) is 10.2 Å². The molecule has 1 aromatic heterocycles. The molecule has 1 fully saturated rings. The quantitative estimate of drug-likeness (QED) is 0.750. The Morgan fingerprint density at radius 3 is 2.83 bits per heavy atom. The number of nitrogens with zero attached hydrogens (tertiary/aromatic N) is 4. The van der Waals surface area contributed by atoms with Crippen LogP contribution in [0.4, 0.5) is 0 Å². The highest BCUT2D eigenvalue weighted by Gasteiger charge is 2.22. The Morgan fingerprint density at radius 1 is 1.42 bits per heavy atom. The predicted molar refractivity (Wildman–Crippen MR) is 91.9 cm³/mol. The maximum atomic E-state index is 9.09. The van der Waals surface area contributed by atoms with Gasteiger partial charge in [-0.2, -0.15) is 5.26 Å². The molecule has 0 aliphatic carbocycles. The van der Waals surface area contributed by atoms with E-state index in [0.29, 0.717) is 6.54 Å². The molecular formula is C17H20N4O2S. The zero-order valence-corrected chi connectivity index (χ0v) is 14.6. The molecule has 1 aliphatic rings. The van der Waals surface area contributed by atoms with Crippen molar-refractivity contribution in [2.24, 2.45) is 0 Å². The van der Waals surface area contributed by atoms with Crippen LogP contribution in [0.25, 0.3) is 11.4 Å². The third-order valence-corrected chi connectivity index (χ3v) is 4.91. The summed E-state index contributed by atoms with van der Waals surface area (Å²) in [7, 11) is 1.65. The lowest BCUT2D eigenvalue weighted by atomic mass is 10.2. The molecule has 0 saturated carbocycles. The van der Waals surface area contributed by atoms with Crippen LogP contribution in [-0.2, 0) is 11.3 Å². The molecule has 0 radical (unpaired) electrons. The predicted octanol–water partition coefficient (Wildman–Crippen LogP) is 3.14. The summed E-state index contributed by atoms with van der Waals surface area (Å²) < 4.78 is 13.0. The molecule has 1 aromatic carbocycles. The number of benzene rings is 1. The van der Waals surface area contributed by atoms with Gasteiger partial charge in [0.2, 0.25) is 0 Å². The lowest BCUT2D eigenvalue weighted by Crippen LogP contribution is -2.17. The van der Waals surface area contributed by atoms with Crippen molar-refractivity contribution in [2.75, 3.05) is 13.7 Å². The van der Waals surface area contributed by atoms with Crippen LogP contribution in [-0.4, -0.2) is 39.8 Å². The molecule has 24 heavy (non-hydrogen) atoms. The van der Waals surface area contributed by atoms with E-state index in [2.05, 4.69) is 20.8 Å². The smallest absolute Gasteiger partial charge is 0.192 e. The number of hydrogen-bond donors (Lipinski definition) is 0. The van der Waals surface area contributed by atoms with Crippen LogP contribution in [0.15, 0.2) is 29.4 Å². The van der Waals surface area contributed by atoms with Crippen molar-refractivity contribution >= 4 is 11.8 Å². The van der Waals surface area contributed by atoms with E-state index in [-0.39, 0.29) is 11.4 Å². The van der Waals surface area contributed by atoms with E-state index in [1.54, 1.807) is 7.11 Å². The van der Waals surface area contributed by atoms with Crippen molar-refractivity contribution in [1.29, 1.82) is 5.26 Å². The summed E-state index contributed by atoms with van der Waals surface area (Å²) in [5.41, 5.74) is 0.970. The fourth-order valence-electron chi connectivity index (χ4n) is 2.67. The SMILES string of the molecule is COc1ccc(-c2nnc(SC(C)C#N)n2CC2CCCO2)cc1. The first-order valence-corrected chi connectivity index (χ1v) is 8.84. The van der Waals surface area contributed by atoms with Crippen LogP contribution in [0.5, 0.6) is 5.75 Å². The van der Waals surface area contributed by atoms with Crippen LogP contribution in [0, 0.1) is 11.3 Å². The van der Waals surface area contributed by atoms with E-state index in [1.165, 1.54) is 11.8 Å². The highest BCUT2D eigenvalue weighted by molar-refractivity contribution is 8.00. The third-order valence-electron chi connectivity index (χ3n) is 3.94. The summed E-state index contributed by atoms with van der Waals surface area (Å²) in [4.78, 5) is 0. The number of nitriles is 1. The van der Waals surface area contributed by atoms with Crippen molar-refractivity contribution in [3.8, 4) is 23.2 Å². The fourth-order valence-corrected chi connectivity index (χ4v) is 3.42. The zero-order valence-electron chi connectivity index (χ0n) is 13.8. The zero-order chi connectivity index (χ0) is 16.9. The summed E-state index contributed by atoms with van der Waals surface area (Å²) in [5, 5.41) is 18.3. The highest BCUT2D eigenvalue weighted by atomic mass is 32.2. The Balaban J connectivity index is 1.92. The van der Waals surface area contributed by atoms with Gasteiger partial charge in [-0.25, -0.2) is 0 Å². The van der Waals surface area contributed by atoms with Crippen molar-refractivity contribution in [3.05, 3.63) is 24.3 Å². The second-order valence-electron chi connectivity index (χ2n) is 5.67. The standard InChI is InChI=1S/C17H20N4O2S/c1-12(10-18)24-17-20-19-16(13-5-7-14(22-2)8-6-13)21(17)11-15-4-3-9-23-15/h5-8,12,15H,3-4,9,11H2,1-2H3. The van der Waals surface area contributed by atoms with Crippen LogP contribution < -0.4 is 4.74 Å². The monoisotopic (exact) mass is 344 g/mol. The van der Waals surface area contributed by atoms with Gasteiger partial charge in [-0.3, -0.25) is 4.57 Å². The van der Waals surface area contributed by atoms with Gasteiger partial charge in [-0.1, -0.05) is 11.8 Å². The minimum Gasteiger partial charge on any atom is -0.497 e. The third kappa shape index (κ3) is 3.71. The average molecular weight is 344 g/mol. The lowest BCUT2D eigenvalue weighted by molar-refractivity contribution is 0.0953. The summed E-state index contributed by atoms with van der Waals surface area (Å²) in [6.07, 6.45) is 2.30. The Morgan fingerprint density at radius 2 is 2.21 bits per heavy atom. The van der Waals surface area contributed by atoms with Crippen molar-refractivity contribution < 1.29 is 9.47 Å². The molecule has 2 unspecified atom stereocenters. The maximum absolute atomic E-state index is 9.09. The molecule has 7 heteroatoms. The van der Waals surface area contributed by atoms with Gasteiger partial charge in [-0.05, 0) is 44.0 Å². The Bertz CT molecular complexity index is 717. The molecule has 0 bridgehead atoms. The summed E-state index contributed by atoms with van der Waals surface area (Å²) in [5.74, 6) is 1.59. The second kappa shape index (κ2) is 7.69. The maximum Gasteiger partial charge on any atom is 0.192 e. The van der Waals surface area contributed by atoms with Crippen LogP contribution >= 0.6 is 11.8 Å². The normalized spacial score (nSPS) is 18.3. The molecule has 0 amide bonds. The highest BCUT2D eigenvalue weighted by Crippen LogP contribution is 2.29. The number of ether oxygens (including phenoxy) is 2. The van der Waals surface area contributed by atoms with Gasteiger partial charge >= 0.3 is 0 Å². The molecule has 1 aliphatic heterocycles. The fraction of sp³-hybridized carbons (Fsp3) is 0.471. The number of aromatic nitrogens is 3. The van der Waals surface area contributed by atoms with E-state index < -0.39 is 0 Å². The first kappa shape index (κ1) is 16.8. The van der Waals surface area contributed by atoms with E-state index in [9.17, 15) is 0 Å².